The second-order valence-electron chi connectivity index (χ2n) is 8.64. The van der Waals surface area contributed by atoms with Gasteiger partial charge in [0.1, 0.15) is 0 Å². The van der Waals surface area contributed by atoms with Crippen LogP contribution in [-0.4, -0.2) is 21.5 Å². The lowest BCUT2D eigenvalue weighted by Crippen LogP contribution is -2.33. The maximum absolute atomic E-state index is 12.6. The molecule has 4 aromatic rings. The van der Waals surface area contributed by atoms with Crippen molar-refractivity contribution in [3.8, 4) is 11.1 Å². The SMILES string of the molecule is CC(C)C[C@H](C)NC(=O)c1ccc2c(c1)ncn2Cc1ccc(-c2ccccc2)cc1. The Morgan fingerprint density at radius 2 is 1.65 bits per heavy atom. The standard InChI is InChI=1S/C27H29N3O/c1-19(2)15-20(3)29-27(31)24-13-14-26-25(16-24)28-18-30(26)17-21-9-11-23(12-10-21)22-7-5-4-6-8-22/h4-14,16,18-20H,15,17H2,1-3H3,(H,29,31)/t20-/m0/s1. The summed E-state index contributed by atoms with van der Waals surface area (Å²) in [7, 11) is 0. The van der Waals surface area contributed by atoms with Gasteiger partial charge in [-0.15, -0.1) is 0 Å². The van der Waals surface area contributed by atoms with E-state index in [0.717, 1.165) is 24.0 Å². The van der Waals surface area contributed by atoms with Crippen molar-refractivity contribution in [2.45, 2.75) is 39.8 Å². The largest absolute Gasteiger partial charge is 0.350 e. The molecule has 1 aromatic heterocycles. The normalized spacial score (nSPS) is 12.3. The predicted molar refractivity (Wildman–Crippen MR) is 127 cm³/mol. The summed E-state index contributed by atoms with van der Waals surface area (Å²) in [5, 5.41) is 3.08. The van der Waals surface area contributed by atoms with Crippen LogP contribution in [0.2, 0.25) is 0 Å². The highest BCUT2D eigenvalue weighted by Crippen LogP contribution is 2.21. The Morgan fingerprint density at radius 3 is 2.35 bits per heavy atom. The number of hydrogen-bond acceptors (Lipinski definition) is 2. The van der Waals surface area contributed by atoms with E-state index < -0.39 is 0 Å². The number of fused-ring (bicyclic) bond motifs is 1. The van der Waals surface area contributed by atoms with E-state index >= 15 is 0 Å². The zero-order chi connectivity index (χ0) is 21.8. The Kier molecular flexibility index (Phi) is 6.17. The molecule has 0 fully saturated rings. The minimum atomic E-state index is -0.0406. The fraction of sp³-hybridized carbons (Fsp3) is 0.259. The number of nitrogens with zero attached hydrogens (tertiary/aromatic N) is 2. The maximum Gasteiger partial charge on any atom is 0.251 e. The van der Waals surface area contributed by atoms with Crippen LogP contribution in [0.15, 0.2) is 79.1 Å². The van der Waals surface area contributed by atoms with Gasteiger partial charge in [0.25, 0.3) is 5.91 Å². The molecule has 1 amide bonds. The van der Waals surface area contributed by atoms with E-state index in [9.17, 15) is 4.79 Å². The lowest BCUT2D eigenvalue weighted by molar-refractivity contribution is 0.0936. The van der Waals surface area contributed by atoms with Crippen LogP contribution in [0.5, 0.6) is 0 Å². The van der Waals surface area contributed by atoms with Gasteiger partial charge in [-0.2, -0.15) is 0 Å². The van der Waals surface area contributed by atoms with Crippen molar-refractivity contribution in [1.29, 1.82) is 0 Å². The third-order valence-electron chi connectivity index (χ3n) is 5.50. The van der Waals surface area contributed by atoms with Gasteiger partial charge >= 0.3 is 0 Å². The Labute approximate surface area is 183 Å². The Morgan fingerprint density at radius 1 is 0.935 bits per heavy atom. The van der Waals surface area contributed by atoms with Gasteiger partial charge in [0.15, 0.2) is 0 Å². The van der Waals surface area contributed by atoms with E-state index in [0.29, 0.717) is 11.5 Å². The molecule has 0 aliphatic carbocycles. The van der Waals surface area contributed by atoms with E-state index in [2.05, 4.69) is 77.2 Å². The summed E-state index contributed by atoms with van der Waals surface area (Å²) in [5.74, 6) is 0.510. The number of carbonyl (C=O) groups is 1. The van der Waals surface area contributed by atoms with E-state index in [1.54, 1.807) is 0 Å². The fourth-order valence-corrected chi connectivity index (χ4v) is 4.03. The molecule has 31 heavy (non-hydrogen) atoms. The van der Waals surface area contributed by atoms with Gasteiger partial charge < -0.3 is 9.88 Å². The lowest BCUT2D eigenvalue weighted by Gasteiger charge is -2.16. The summed E-state index contributed by atoms with van der Waals surface area (Å²) in [6, 6.07) is 24.9. The molecule has 0 unspecified atom stereocenters. The number of imidazole rings is 1. The number of nitrogens with one attached hydrogen (secondary N) is 1. The van der Waals surface area contributed by atoms with Crippen LogP contribution in [0.25, 0.3) is 22.2 Å². The second kappa shape index (κ2) is 9.17. The molecule has 1 atom stereocenters. The Balaban J connectivity index is 1.48. The molecule has 0 aliphatic rings. The molecule has 0 saturated carbocycles. The second-order valence-corrected chi connectivity index (χ2v) is 8.64. The number of amides is 1. The van der Waals surface area contributed by atoms with Gasteiger partial charge in [-0.25, -0.2) is 4.98 Å². The van der Waals surface area contributed by atoms with E-state index in [1.807, 2.05) is 37.5 Å². The topological polar surface area (TPSA) is 46.9 Å². The molecule has 0 saturated heterocycles. The van der Waals surface area contributed by atoms with Crippen LogP contribution in [-0.2, 0) is 6.54 Å². The van der Waals surface area contributed by atoms with Crippen molar-refractivity contribution in [1.82, 2.24) is 14.9 Å². The molecule has 4 rings (SSSR count). The summed E-state index contributed by atoms with van der Waals surface area (Å²) in [6.07, 6.45) is 2.81. The third-order valence-corrected chi connectivity index (χ3v) is 5.50. The molecule has 4 nitrogen and oxygen atoms in total. The zero-order valence-corrected chi connectivity index (χ0v) is 18.4. The number of rotatable bonds is 7. The molecule has 0 aliphatic heterocycles. The fourth-order valence-electron chi connectivity index (χ4n) is 4.03. The van der Waals surface area contributed by atoms with Gasteiger partial charge in [-0.05, 0) is 54.2 Å². The third kappa shape index (κ3) is 5.02. The Bertz CT molecular complexity index is 1160. The molecule has 0 bridgehead atoms. The van der Waals surface area contributed by atoms with E-state index in [4.69, 9.17) is 0 Å². The molecule has 1 heterocycles. The number of benzene rings is 3. The molecular weight excluding hydrogens is 382 g/mol. The highest BCUT2D eigenvalue weighted by atomic mass is 16.1. The van der Waals surface area contributed by atoms with Gasteiger partial charge in [-0.1, -0.05) is 68.4 Å². The number of hydrogen-bond donors (Lipinski definition) is 1. The Hall–Kier alpha value is -3.40. The predicted octanol–water partition coefficient (Wildman–Crippen LogP) is 5.92. The highest BCUT2D eigenvalue weighted by molar-refractivity contribution is 5.97. The van der Waals surface area contributed by atoms with Crippen molar-refractivity contribution >= 4 is 16.9 Å². The number of aromatic nitrogens is 2. The van der Waals surface area contributed by atoms with Crippen molar-refractivity contribution in [3.05, 3.63) is 90.3 Å². The molecule has 4 heteroatoms. The van der Waals surface area contributed by atoms with Gasteiger partial charge in [0.2, 0.25) is 0 Å². The minimum absolute atomic E-state index is 0.0406. The van der Waals surface area contributed by atoms with Gasteiger partial charge in [-0.3, -0.25) is 4.79 Å². The molecular formula is C27H29N3O. The monoisotopic (exact) mass is 411 g/mol. The molecule has 1 N–H and O–H groups in total. The molecule has 0 radical (unpaired) electrons. The van der Waals surface area contributed by atoms with Crippen molar-refractivity contribution in [2.24, 2.45) is 5.92 Å². The maximum atomic E-state index is 12.6. The first kappa shape index (κ1) is 20.9. The first-order valence-electron chi connectivity index (χ1n) is 10.9. The summed E-state index contributed by atoms with van der Waals surface area (Å²) < 4.78 is 2.12. The van der Waals surface area contributed by atoms with E-state index in [-0.39, 0.29) is 11.9 Å². The highest BCUT2D eigenvalue weighted by Gasteiger charge is 2.13. The summed E-state index contributed by atoms with van der Waals surface area (Å²) >= 11 is 0. The van der Waals surface area contributed by atoms with Crippen molar-refractivity contribution in [2.75, 3.05) is 0 Å². The van der Waals surface area contributed by atoms with E-state index in [1.165, 1.54) is 16.7 Å². The van der Waals surface area contributed by atoms with Crippen molar-refractivity contribution < 1.29 is 4.79 Å². The van der Waals surface area contributed by atoms with Crippen LogP contribution in [0.3, 0.4) is 0 Å². The smallest absolute Gasteiger partial charge is 0.251 e. The first-order valence-corrected chi connectivity index (χ1v) is 10.9. The average Bonchev–Trinajstić information content (AvgIpc) is 3.16. The first-order chi connectivity index (χ1) is 15.0. The summed E-state index contributed by atoms with van der Waals surface area (Å²) in [6.45, 7) is 7.11. The van der Waals surface area contributed by atoms with Crippen molar-refractivity contribution in [3.63, 3.8) is 0 Å². The average molecular weight is 412 g/mol. The van der Waals surface area contributed by atoms with Gasteiger partial charge in [0, 0.05) is 18.2 Å². The molecule has 3 aromatic carbocycles. The summed E-state index contributed by atoms with van der Waals surface area (Å²) in [5.41, 5.74) is 6.16. The van der Waals surface area contributed by atoms with Crippen LogP contribution >= 0.6 is 0 Å². The van der Waals surface area contributed by atoms with Crippen LogP contribution in [0.1, 0.15) is 43.1 Å². The minimum Gasteiger partial charge on any atom is -0.350 e. The molecule has 0 spiro atoms. The van der Waals surface area contributed by atoms with Crippen LogP contribution in [0, 0.1) is 5.92 Å². The zero-order valence-electron chi connectivity index (χ0n) is 18.4. The van der Waals surface area contributed by atoms with Crippen LogP contribution in [0.4, 0.5) is 0 Å². The lowest BCUT2D eigenvalue weighted by atomic mass is 10.0. The molecule has 158 valence electrons. The number of carbonyl (C=O) groups excluding carboxylic acids is 1. The summed E-state index contributed by atoms with van der Waals surface area (Å²) in [4.78, 5) is 17.1. The van der Waals surface area contributed by atoms with Crippen LogP contribution < -0.4 is 5.32 Å². The quantitative estimate of drug-likeness (QED) is 0.410. The van der Waals surface area contributed by atoms with Gasteiger partial charge in [0.05, 0.1) is 17.4 Å².